The third-order valence-corrected chi connectivity index (χ3v) is 8.21. The molecule has 1 aliphatic carbocycles. The minimum atomic E-state index is 0.172. The number of amides is 1. The highest BCUT2D eigenvalue weighted by Crippen LogP contribution is 2.46. The van der Waals surface area contributed by atoms with Crippen molar-refractivity contribution in [2.45, 2.75) is 63.6 Å². The van der Waals surface area contributed by atoms with Crippen molar-refractivity contribution >= 4 is 5.91 Å². The van der Waals surface area contributed by atoms with Crippen molar-refractivity contribution in [3.05, 3.63) is 17.0 Å². The number of aromatic nitrogens is 2. The Hall–Kier alpha value is -1.40. The normalized spacial score (nSPS) is 36.1. The molecule has 5 aliphatic rings. The number of carbonyl (C=O) groups excluding carboxylic acids is 1. The maximum absolute atomic E-state index is 13.4. The highest BCUT2D eigenvalue weighted by atomic mass is 16.2. The average Bonchev–Trinajstić information content (AvgIpc) is 3.46. The summed E-state index contributed by atoms with van der Waals surface area (Å²) < 4.78 is 0. The number of hydrogen-bond donors (Lipinski definition) is 1. The van der Waals surface area contributed by atoms with Crippen molar-refractivity contribution in [2.24, 2.45) is 17.8 Å². The van der Waals surface area contributed by atoms with E-state index in [-0.39, 0.29) is 5.91 Å². The Balaban J connectivity index is 1.22. The van der Waals surface area contributed by atoms with E-state index < -0.39 is 0 Å². The van der Waals surface area contributed by atoms with Gasteiger partial charge in [0, 0.05) is 62.5 Å². The second-order valence-electron chi connectivity index (χ2n) is 10.2. The zero-order valence-electron chi connectivity index (χ0n) is 17.1. The van der Waals surface area contributed by atoms with Crippen LogP contribution in [0.15, 0.2) is 0 Å². The molecule has 0 radical (unpaired) electrons. The molecule has 1 aromatic heterocycles. The summed E-state index contributed by atoms with van der Waals surface area (Å²) in [4.78, 5) is 20.8. The monoisotopic (exact) mass is 383 g/mol. The van der Waals surface area contributed by atoms with Gasteiger partial charge in [0.2, 0.25) is 0 Å². The number of piperidine rings is 3. The molecular formula is C22H33N5O. The van der Waals surface area contributed by atoms with E-state index in [1.807, 2.05) is 0 Å². The molecule has 6 rings (SSSR count). The van der Waals surface area contributed by atoms with Crippen molar-refractivity contribution in [1.29, 1.82) is 0 Å². The summed E-state index contributed by atoms with van der Waals surface area (Å²) in [6.07, 6.45) is 9.33. The van der Waals surface area contributed by atoms with E-state index in [0.717, 1.165) is 50.1 Å². The van der Waals surface area contributed by atoms with Gasteiger partial charge in [-0.3, -0.25) is 14.8 Å². The van der Waals surface area contributed by atoms with E-state index in [2.05, 4.69) is 31.9 Å². The summed E-state index contributed by atoms with van der Waals surface area (Å²) >= 11 is 0. The lowest BCUT2D eigenvalue weighted by atomic mass is 9.74. The first-order chi connectivity index (χ1) is 13.7. The van der Waals surface area contributed by atoms with E-state index in [0.29, 0.717) is 23.6 Å². The van der Waals surface area contributed by atoms with Gasteiger partial charge in [0.15, 0.2) is 5.69 Å². The van der Waals surface area contributed by atoms with Crippen molar-refractivity contribution in [3.8, 4) is 0 Å². The second kappa shape index (κ2) is 6.56. The van der Waals surface area contributed by atoms with Crippen molar-refractivity contribution in [1.82, 2.24) is 24.9 Å². The number of aromatic amines is 1. The lowest BCUT2D eigenvalue weighted by Crippen LogP contribution is -2.62. The standard InChI is InChI=1S/C22H33N5O/c1-25-8-7-18-17(13-25)21(24-23-18)22(28)26-10-14-9-16(12-26)20-4-2-3-19(15-5-6-15)27(20)11-14/h14-16,19-20H,2-13H2,1H3,(H,23,24)/t14-,16+,19+,20-/m0/s1. The van der Waals surface area contributed by atoms with Crippen molar-refractivity contribution in [2.75, 3.05) is 33.2 Å². The van der Waals surface area contributed by atoms with Crippen LogP contribution in [0, 0.1) is 17.8 Å². The van der Waals surface area contributed by atoms with Crippen LogP contribution in [0.1, 0.15) is 60.3 Å². The summed E-state index contributed by atoms with van der Waals surface area (Å²) in [5.41, 5.74) is 3.00. The van der Waals surface area contributed by atoms with Gasteiger partial charge >= 0.3 is 0 Å². The maximum atomic E-state index is 13.4. The van der Waals surface area contributed by atoms with E-state index >= 15 is 0 Å². The number of likely N-dealkylation sites (N-methyl/N-ethyl adjacent to an activating group) is 1. The fourth-order valence-electron chi connectivity index (χ4n) is 6.76. The number of rotatable bonds is 2. The van der Waals surface area contributed by atoms with Gasteiger partial charge < -0.3 is 9.80 Å². The third kappa shape index (κ3) is 2.83. The van der Waals surface area contributed by atoms with Crippen LogP contribution < -0.4 is 0 Å². The lowest BCUT2D eigenvalue weighted by molar-refractivity contribution is -0.0552. The summed E-state index contributed by atoms with van der Waals surface area (Å²) in [7, 11) is 2.13. The van der Waals surface area contributed by atoms with E-state index in [1.165, 1.54) is 50.8 Å². The number of carbonyl (C=O) groups is 1. The van der Waals surface area contributed by atoms with Crippen molar-refractivity contribution < 1.29 is 4.79 Å². The lowest BCUT2D eigenvalue weighted by Gasteiger charge is -2.55. The minimum Gasteiger partial charge on any atom is -0.337 e. The smallest absolute Gasteiger partial charge is 0.274 e. The fraction of sp³-hybridized carbons (Fsp3) is 0.818. The van der Waals surface area contributed by atoms with Crippen LogP contribution in [-0.4, -0.2) is 76.1 Å². The summed E-state index contributed by atoms with van der Waals surface area (Å²) in [5, 5.41) is 7.63. The van der Waals surface area contributed by atoms with E-state index in [9.17, 15) is 4.79 Å². The van der Waals surface area contributed by atoms with Crippen LogP contribution in [0.4, 0.5) is 0 Å². The molecule has 0 aromatic carbocycles. The Kier molecular flexibility index (Phi) is 4.09. The first kappa shape index (κ1) is 17.5. The SMILES string of the molecule is CN1CCc2[nH]nc(C(=O)N3C[C@@H]4C[C@H](C3)[C@@H]3CCC[C@H](C5CC5)N3C4)c2C1. The van der Waals surface area contributed by atoms with Gasteiger partial charge in [-0.05, 0) is 56.9 Å². The number of nitrogens with zero attached hydrogens (tertiary/aromatic N) is 4. The Morgan fingerprint density at radius 3 is 2.71 bits per heavy atom. The minimum absolute atomic E-state index is 0.172. The average molecular weight is 384 g/mol. The number of likely N-dealkylation sites (tertiary alicyclic amines) is 1. The van der Waals surface area contributed by atoms with E-state index in [4.69, 9.17) is 0 Å². The van der Waals surface area contributed by atoms with Crippen LogP contribution in [0.2, 0.25) is 0 Å². The predicted molar refractivity (Wildman–Crippen MR) is 107 cm³/mol. The van der Waals surface area contributed by atoms with Crippen LogP contribution >= 0.6 is 0 Å². The maximum Gasteiger partial charge on any atom is 0.274 e. The Bertz CT molecular complexity index is 771. The zero-order valence-corrected chi connectivity index (χ0v) is 17.1. The van der Waals surface area contributed by atoms with Crippen molar-refractivity contribution in [3.63, 3.8) is 0 Å². The number of hydrogen-bond acceptors (Lipinski definition) is 4. The van der Waals surface area contributed by atoms with E-state index in [1.54, 1.807) is 0 Å². The molecular weight excluding hydrogens is 350 g/mol. The number of fused-ring (bicyclic) bond motifs is 5. The number of H-pyrrole nitrogens is 1. The molecule has 4 aliphatic heterocycles. The quantitative estimate of drug-likeness (QED) is 0.850. The molecule has 4 fully saturated rings. The molecule has 0 spiro atoms. The van der Waals surface area contributed by atoms with Gasteiger partial charge in [0.25, 0.3) is 5.91 Å². The molecule has 1 amide bonds. The molecule has 4 atom stereocenters. The molecule has 152 valence electrons. The van der Waals surface area contributed by atoms with Crippen LogP contribution in [0.3, 0.4) is 0 Å². The largest absolute Gasteiger partial charge is 0.337 e. The second-order valence-corrected chi connectivity index (χ2v) is 10.2. The fourth-order valence-corrected chi connectivity index (χ4v) is 6.76. The molecule has 5 heterocycles. The first-order valence-corrected chi connectivity index (χ1v) is 11.5. The Labute approximate surface area is 167 Å². The van der Waals surface area contributed by atoms with Gasteiger partial charge in [-0.2, -0.15) is 5.10 Å². The van der Waals surface area contributed by atoms with Crippen LogP contribution in [0.25, 0.3) is 0 Å². The van der Waals surface area contributed by atoms with Gasteiger partial charge in [0.1, 0.15) is 0 Å². The molecule has 0 unspecified atom stereocenters. The Morgan fingerprint density at radius 2 is 1.89 bits per heavy atom. The molecule has 1 aromatic rings. The molecule has 3 saturated heterocycles. The first-order valence-electron chi connectivity index (χ1n) is 11.5. The molecule has 1 N–H and O–H groups in total. The third-order valence-electron chi connectivity index (χ3n) is 8.21. The van der Waals surface area contributed by atoms with Crippen LogP contribution in [0.5, 0.6) is 0 Å². The molecule has 2 bridgehead atoms. The molecule has 6 nitrogen and oxygen atoms in total. The highest BCUT2D eigenvalue weighted by Gasteiger charge is 2.48. The Morgan fingerprint density at radius 1 is 1.07 bits per heavy atom. The summed E-state index contributed by atoms with van der Waals surface area (Å²) in [5.74, 6) is 2.46. The number of nitrogens with one attached hydrogen (secondary N) is 1. The van der Waals surface area contributed by atoms with Gasteiger partial charge in [-0.15, -0.1) is 0 Å². The van der Waals surface area contributed by atoms with Gasteiger partial charge in [-0.25, -0.2) is 0 Å². The molecule has 28 heavy (non-hydrogen) atoms. The van der Waals surface area contributed by atoms with Crippen LogP contribution in [-0.2, 0) is 13.0 Å². The summed E-state index contributed by atoms with van der Waals surface area (Å²) in [6, 6.07) is 1.56. The molecule has 1 saturated carbocycles. The molecule has 6 heteroatoms. The predicted octanol–water partition coefficient (Wildman–Crippen LogP) is 2.12. The topological polar surface area (TPSA) is 55.5 Å². The zero-order chi connectivity index (χ0) is 18.8. The van der Waals surface area contributed by atoms with Gasteiger partial charge in [0.05, 0.1) is 0 Å². The van der Waals surface area contributed by atoms with Gasteiger partial charge in [-0.1, -0.05) is 6.42 Å². The summed E-state index contributed by atoms with van der Waals surface area (Å²) in [6.45, 7) is 4.95. The highest BCUT2D eigenvalue weighted by molar-refractivity contribution is 5.94.